The van der Waals surface area contributed by atoms with Crippen LogP contribution in [0.4, 0.5) is 28.8 Å². The number of carbonyl (C=O) groups excluding carboxylic acids is 1. The number of amides is 2. The fraction of sp³-hybridized carbons (Fsp3) is 0.167. The number of carbonyl (C=O) groups is 1. The molecule has 0 aliphatic carbocycles. The minimum Gasteiger partial charge on any atom is -0.404 e. The number of ether oxygens (including phenoxy) is 1. The Bertz CT molecular complexity index is 660. The van der Waals surface area contributed by atoms with Crippen molar-refractivity contribution < 1.29 is 32.8 Å². The number of hydrogen-bond acceptors (Lipinski definition) is 4. The van der Waals surface area contributed by atoms with E-state index in [1.165, 1.54) is 18.2 Å². The van der Waals surface area contributed by atoms with Crippen molar-refractivity contribution in [3.8, 4) is 5.75 Å². The zero-order valence-corrected chi connectivity index (χ0v) is 11.7. The molecule has 0 aliphatic heterocycles. The third-order valence-electron chi connectivity index (χ3n) is 2.35. The molecule has 0 unspecified atom stereocenters. The van der Waals surface area contributed by atoms with Crippen LogP contribution in [0.5, 0.6) is 5.75 Å². The largest absolute Gasteiger partial charge is 0.573 e. The number of urea groups is 1. The molecule has 22 heavy (non-hydrogen) atoms. The van der Waals surface area contributed by atoms with Crippen LogP contribution in [0.25, 0.3) is 0 Å². The highest BCUT2D eigenvalue weighted by atomic mass is 32.1. The van der Waals surface area contributed by atoms with Crippen LogP contribution in [0, 0.1) is 0 Å². The molecule has 0 fully saturated rings. The number of nitrogens with one attached hydrogen (secondary N) is 3. The summed E-state index contributed by atoms with van der Waals surface area (Å²) in [6.07, 6.45) is -4.86. The Labute approximate surface area is 126 Å². The summed E-state index contributed by atoms with van der Waals surface area (Å²) in [7, 11) is 0. The predicted molar refractivity (Wildman–Crippen MR) is 72.6 cm³/mol. The highest BCUT2D eigenvalue weighted by Crippen LogP contribution is 2.29. The molecular formula is C12H11F3N3O3S+. The van der Waals surface area contributed by atoms with Crippen molar-refractivity contribution >= 4 is 28.2 Å². The molecule has 0 saturated carbocycles. The molecule has 0 radical (unpaired) electrons. The Hall–Kier alpha value is -2.33. The quantitative estimate of drug-likeness (QED) is 0.803. The number of anilines is 2. The van der Waals surface area contributed by atoms with Crippen molar-refractivity contribution in [2.24, 2.45) is 0 Å². The van der Waals surface area contributed by atoms with E-state index in [2.05, 4.69) is 20.4 Å². The van der Waals surface area contributed by atoms with Crippen LogP contribution in [0.1, 0.15) is 5.69 Å². The van der Waals surface area contributed by atoms with Crippen molar-refractivity contribution in [1.29, 1.82) is 0 Å². The fourth-order valence-electron chi connectivity index (χ4n) is 1.51. The number of aromatic nitrogens is 1. The first kappa shape index (κ1) is 16.0. The minimum absolute atomic E-state index is 0.128. The zero-order chi connectivity index (χ0) is 16.2. The highest BCUT2D eigenvalue weighted by molar-refractivity contribution is 7.13. The van der Waals surface area contributed by atoms with Crippen LogP contribution in [-0.4, -0.2) is 17.5 Å². The lowest BCUT2D eigenvalue weighted by molar-refractivity contribution is -0.371. The molecule has 1 aromatic carbocycles. The van der Waals surface area contributed by atoms with E-state index in [0.717, 1.165) is 17.4 Å². The Morgan fingerprint density at radius 1 is 1.32 bits per heavy atom. The summed E-state index contributed by atoms with van der Waals surface area (Å²) in [5.41, 5.74) is 0.373. The fourth-order valence-corrected chi connectivity index (χ4v) is 2.25. The third kappa shape index (κ3) is 4.60. The van der Waals surface area contributed by atoms with Crippen LogP contribution in [-0.2, 0) is 6.61 Å². The molecular weight excluding hydrogens is 323 g/mol. The summed E-state index contributed by atoms with van der Waals surface area (Å²) in [6.45, 7) is -0.220. The van der Waals surface area contributed by atoms with Crippen molar-refractivity contribution in [2.45, 2.75) is 13.0 Å². The van der Waals surface area contributed by atoms with Gasteiger partial charge in [0, 0.05) is 5.38 Å². The summed E-state index contributed by atoms with van der Waals surface area (Å²) in [5, 5.41) is 15.5. The first-order valence-electron chi connectivity index (χ1n) is 5.90. The molecule has 10 heteroatoms. The maximum Gasteiger partial charge on any atom is 0.573 e. The van der Waals surface area contributed by atoms with E-state index in [1.54, 1.807) is 5.38 Å². The van der Waals surface area contributed by atoms with Gasteiger partial charge < -0.3 is 9.84 Å². The molecule has 2 rings (SSSR count). The van der Waals surface area contributed by atoms with Gasteiger partial charge in [-0.1, -0.05) is 23.5 Å². The second-order valence-corrected chi connectivity index (χ2v) is 4.88. The zero-order valence-electron chi connectivity index (χ0n) is 10.9. The summed E-state index contributed by atoms with van der Waals surface area (Å²) in [4.78, 5) is 14.5. The Morgan fingerprint density at radius 2 is 2.05 bits per heavy atom. The van der Waals surface area contributed by atoms with Crippen molar-refractivity contribution in [1.82, 2.24) is 0 Å². The molecule has 0 saturated heterocycles. The maximum absolute atomic E-state index is 12.3. The Morgan fingerprint density at radius 3 is 2.68 bits per heavy atom. The number of rotatable bonds is 4. The van der Waals surface area contributed by atoms with E-state index < -0.39 is 18.1 Å². The number of benzene rings is 1. The topological polar surface area (TPSA) is 84.7 Å². The lowest BCUT2D eigenvalue weighted by atomic mass is 10.3. The van der Waals surface area contributed by atoms with Gasteiger partial charge in [-0.05, 0) is 12.1 Å². The number of H-pyrrole nitrogens is 1. The monoisotopic (exact) mass is 334 g/mol. The van der Waals surface area contributed by atoms with Crippen LogP contribution < -0.4 is 20.4 Å². The number of halogens is 3. The van der Waals surface area contributed by atoms with Gasteiger partial charge in [0.15, 0.2) is 5.75 Å². The van der Waals surface area contributed by atoms with E-state index in [-0.39, 0.29) is 12.3 Å². The second kappa shape index (κ2) is 6.62. The van der Waals surface area contributed by atoms with Crippen molar-refractivity contribution in [3.05, 3.63) is 35.3 Å². The van der Waals surface area contributed by atoms with Crippen LogP contribution in [0.2, 0.25) is 0 Å². The van der Waals surface area contributed by atoms with Gasteiger partial charge >= 0.3 is 17.5 Å². The molecule has 6 nitrogen and oxygen atoms in total. The van der Waals surface area contributed by atoms with Crippen LogP contribution in [0.3, 0.4) is 0 Å². The standard InChI is InChI=1S/C12H10F3N3O3S/c13-12(14,15)21-9-4-2-1-3-8(9)17-10(20)18-11-16-7(5-19)6-22-11/h1-4,6,19H,5H2,(H2,16,17,18,20)/p+1. The summed E-state index contributed by atoms with van der Waals surface area (Å²) in [6, 6.07) is 4.42. The Balaban J connectivity index is 2.05. The number of aliphatic hydroxyl groups is 1. The van der Waals surface area contributed by atoms with Gasteiger partial charge in [-0.25, -0.2) is 9.78 Å². The number of alkyl halides is 3. The van der Waals surface area contributed by atoms with Crippen molar-refractivity contribution in [3.63, 3.8) is 0 Å². The molecule has 1 heterocycles. The van der Waals surface area contributed by atoms with E-state index >= 15 is 0 Å². The second-order valence-electron chi connectivity index (χ2n) is 4.00. The van der Waals surface area contributed by atoms with Crippen molar-refractivity contribution in [2.75, 3.05) is 10.6 Å². The maximum atomic E-state index is 12.3. The van der Waals surface area contributed by atoms with Gasteiger partial charge in [0.1, 0.15) is 12.3 Å². The van der Waals surface area contributed by atoms with Crippen LogP contribution in [0.15, 0.2) is 29.6 Å². The van der Waals surface area contributed by atoms with E-state index in [4.69, 9.17) is 5.11 Å². The summed E-state index contributed by atoms with van der Waals surface area (Å²) >= 11 is 1.13. The van der Waals surface area contributed by atoms with Gasteiger partial charge in [-0.15, -0.1) is 13.2 Å². The van der Waals surface area contributed by atoms with Gasteiger partial charge in [0.25, 0.3) is 0 Å². The highest BCUT2D eigenvalue weighted by Gasteiger charge is 2.32. The molecule has 0 aliphatic rings. The summed E-state index contributed by atoms with van der Waals surface area (Å²) < 4.78 is 40.6. The number of aromatic amines is 1. The number of para-hydroxylation sites is 2. The molecule has 2 amide bonds. The summed E-state index contributed by atoms with van der Waals surface area (Å²) in [5.74, 6) is -0.517. The first-order chi connectivity index (χ1) is 10.4. The van der Waals surface area contributed by atoms with E-state index in [0.29, 0.717) is 10.8 Å². The SMILES string of the molecule is O=C(Nc1[nH+]c(CO)cs1)Nc1ccccc1OC(F)(F)F. The lowest BCUT2D eigenvalue weighted by Gasteiger charge is -2.12. The molecule has 4 N–H and O–H groups in total. The van der Waals surface area contributed by atoms with Gasteiger partial charge in [-0.3, -0.25) is 5.32 Å². The van der Waals surface area contributed by atoms with Gasteiger partial charge in [0.05, 0.1) is 5.69 Å². The average Bonchev–Trinajstić information content (AvgIpc) is 2.87. The smallest absolute Gasteiger partial charge is 0.404 e. The molecule has 1 aromatic heterocycles. The molecule has 0 bridgehead atoms. The third-order valence-corrected chi connectivity index (χ3v) is 3.19. The van der Waals surface area contributed by atoms with E-state index in [1.807, 2.05) is 0 Å². The van der Waals surface area contributed by atoms with E-state index in [9.17, 15) is 18.0 Å². The van der Waals surface area contributed by atoms with Gasteiger partial charge in [-0.2, -0.15) is 5.32 Å². The minimum atomic E-state index is -4.86. The molecule has 0 spiro atoms. The van der Waals surface area contributed by atoms with Crippen LogP contribution >= 0.6 is 11.3 Å². The average molecular weight is 334 g/mol. The number of aliphatic hydroxyl groups excluding tert-OH is 1. The predicted octanol–water partition coefficient (Wildman–Crippen LogP) is 2.60. The molecule has 0 atom stereocenters. The molecule has 2 aromatic rings. The normalized spacial score (nSPS) is 11.1. The number of thiazole rings is 1. The molecule has 118 valence electrons. The lowest BCUT2D eigenvalue weighted by Crippen LogP contribution is -2.24. The number of hydrogen-bond donors (Lipinski definition) is 3. The van der Waals surface area contributed by atoms with Gasteiger partial charge in [0.2, 0.25) is 0 Å². The first-order valence-corrected chi connectivity index (χ1v) is 6.78. The Kier molecular flexibility index (Phi) is 4.83.